The molecule has 0 spiro atoms. The normalized spacial score (nSPS) is 21.6. The van der Waals surface area contributed by atoms with Crippen LogP contribution in [0.1, 0.15) is 64.7 Å². The summed E-state index contributed by atoms with van der Waals surface area (Å²) in [4.78, 5) is 12.7. The van der Waals surface area contributed by atoms with Gasteiger partial charge in [0.1, 0.15) is 17.1 Å². The average Bonchev–Trinajstić information content (AvgIpc) is 2.77. The Bertz CT molecular complexity index is 777. The van der Waals surface area contributed by atoms with Crippen molar-refractivity contribution in [3.05, 3.63) is 17.7 Å². The smallest absolute Gasteiger partial charge is 0.493 e. The van der Waals surface area contributed by atoms with E-state index in [4.69, 9.17) is 23.5 Å². The number of cyclic esters (lactones) is 1. The van der Waals surface area contributed by atoms with E-state index in [1.807, 2.05) is 27.7 Å². The van der Waals surface area contributed by atoms with Crippen LogP contribution in [0.2, 0.25) is 0 Å². The zero-order valence-corrected chi connectivity index (χ0v) is 17.6. The molecule has 1 fully saturated rings. The summed E-state index contributed by atoms with van der Waals surface area (Å²) in [5, 5.41) is 0. The topological polar surface area (TPSA) is 63.2 Å². The van der Waals surface area contributed by atoms with Gasteiger partial charge < -0.3 is 23.5 Å². The van der Waals surface area contributed by atoms with E-state index in [9.17, 15) is 13.6 Å². The van der Waals surface area contributed by atoms with Crippen LogP contribution in [0.15, 0.2) is 12.1 Å². The van der Waals surface area contributed by atoms with Gasteiger partial charge in [-0.1, -0.05) is 6.07 Å². The summed E-state index contributed by atoms with van der Waals surface area (Å²) in [5.41, 5.74) is -0.490. The molecule has 0 bridgehead atoms. The summed E-state index contributed by atoms with van der Waals surface area (Å²) in [7, 11) is -0.747. The zero-order valence-electron chi connectivity index (χ0n) is 17.6. The van der Waals surface area contributed by atoms with Gasteiger partial charge in [0.15, 0.2) is 0 Å². The Morgan fingerprint density at radius 3 is 2.24 bits per heavy atom. The average molecular weight is 412 g/mol. The maximum Gasteiger partial charge on any atom is 0.498 e. The quantitative estimate of drug-likeness (QED) is 0.404. The van der Waals surface area contributed by atoms with Crippen molar-refractivity contribution in [3.63, 3.8) is 0 Å². The molecule has 0 atom stereocenters. The number of alkyl halides is 2. The van der Waals surface area contributed by atoms with Crippen molar-refractivity contribution in [2.24, 2.45) is 0 Å². The minimum Gasteiger partial charge on any atom is -0.493 e. The first-order chi connectivity index (χ1) is 13.3. The first kappa shape index (κ1) is 21.8. The largest absolute Gasteiger partial charge is 0.498 e. The van der Waals surface area contributed by atoms with Crippen LogP contribution in [0.3, 0.4) is 0 Å². The molecule has 1 saturated heterocycles. The van der Waals surface area contributed by atoms with E-state index in [0.29, 0.717) is 5.46 Å². The molecule has 2 heterocycles. The molecule has 3 rings (SSSR count). The third kappa shape index (κ3) is 4.35. The Morgan fingerprint density at radius 1 is 1.03 bits per heavy atom. The second-order valence-corrected chi connectivity index (χ2v) is 8.72. The molecule has 0 unspecified atom stereocenters. The first-order valence-corrected chi connectivity index (χ1v) is 9.69. The van der Waals surface area contributed by atoms with Gasteiger partial charge in [-0.25, -0.2) is 13.6 Å². The van der Waals surface area contributed by atoms with Crippen LogP contribution >= 0.6 is 0 Å². The molecule has 0 aliphatic carbocycles. The first-order valence-electron chi connectivity index (χ1n) is 9.69. The molecule has 1 aromatic carbocycles. The predicted molar refractivity (Wildman–Crippen MR) is 103 cm³/mol. The number of benzene rings is 1. The number of halogens is 2. The van der Waals surface area contributed by atoms with Crippen molar-refractivity contribution in [1.82, 2.24) is 0 Å². The fraction of sp³-hybridized carbons (Fsp3) is 0.650. The third-order valence-corrected chi connectivity index (χ3v) is 5.37. The zero-order chi connectivity index (χ0) is 21.6. The minimum atomic E-state index is -2.40. The van der Waals surface area contributed by atoms with Gasteiger partial charge in [-0.3, -0.25) is 0 Å². The van der Waals surface area contributed by atoms with E-state index in [1.165, 1.54) is 0 Å². The van der Waals surface area contributed by atoms with Crippen molar-refractivity contribution in [1.29, 1.82) is 0 Å². The van der Waals surface area contributed by atoms with Gasteiger partial charge in [0.25, 0.3) is 0 Å². The molecule has 6 nitrogen and oxygen atoms in total. The minimum absolute atomic E-state index is 0.0449. The lowest BCUT2D eigenvalue weighted by molar-refractivity contribution is -0.127. The van der Waals surface area contributed by atoms with Gasteiger partial charge in [-0.05, 0) is 40.2 Å². The summed E-state index contributed by atoms with van der Waals surface area (Å²) in [5.74, 6) is -1.32. The number of fused-ring (bicyclic) bond motifs is 1. The van der Waals surface area contributed by atoms with E-state index in [2.05, 4.69) is 0 Å². The van der Waals surface area contributed by atoms with Crippen LogP contribution in [0, 0.1) is 0 Å². The van der Waals surface area contributed by atoms with Crippen molar-refractivity contribution in [2.45, 2.75) is 77.8 Å². The lowest BCUT2D eigenvalue weighted by Gasteiger charge is -2.34. The van der Waals surface area contributed by atoms with Crippen LogP contribution in [0.4, 0.5) is 8.78 Å². The number of carbonyl (C=O) groups is 1. The van der Waals surface area contributed by atoms with Gasteiger partial charge >= 0.3 is 13.1 Å². The highest BCUT2D eigenvalue weighted by Gasteiger charge is 2.53. The van der Waals surface area contributed by atoms with Crippen LogP contribution in [0.25, 0.3) is 0 Å². The van der Waals surface area contributed by atoms with Crippen LogP contribution < -0.4 is 14.9 Å². The lowest BCUT2D eigenvalue weighted by atomic mass is 9.77. The summed E-state index contributed by atoms with van der Waals surface area (Å²) in [6, 6.07) is 3.29. The molecule has 2 aliphatic rings. The van der Waals surface area contributed by atoms with Gasteiger partial charge in [0.05, 0.1) is 17.8 Å². The van der Waals surface area contributed by atoms with Crippen LogP contribution in [-0.4, -0.2) is 43.1 Å². The summed E-state index contributed by atoms with van der Waals surface area (Å²) < 4.78 is 53.8. The Kier molecular flexibility index (Phi) is 5.60. The molecule has 0 N–H and O–H groups in total. The molecule has 160 valence electrons. The molecule has 29 heavy (non-hydrogen) atoms. The molecular formula is C20H27BF2O6. The fourth-order valence-corrected chi connectivity index (χ4v) is 3.12. The van der Waals surface area contributed by atoms with Gasteiger partial charge in [0.2, 0.25) is 12.2 Å². The summed E-state index contributed by atoms with van der Waals surface area (Å²) in [6.45, 7) is 11.0. The van der Waals surface area contributed by atoms with E-state index in [1.54, 1.807) is 26.0 Å². The van der Waals surface area contributed by atoms with E-state index >= 15 is 0 Å². The summed E-state index contributed by atoms with van der Waals surface area (Å²) in [6.07, 6.45) is -2.51. The number of hydrogen-bond donors (Lipinski definition) is 0. The molecule has 0 amide bonds. The van der Waals surface area contributed by atoms with Crippen LogP contribution in [0.5, 0.6) is 11.5 Å². The van der Waals surface area contributed by atoms with Crippen LogP contribution in [-0.2, 0) is 14.0 Å². The fourth-order valence-electron chi connectivity index (χ4n) is 3.12. The van der Waals surface area contributed by atoms with E-state index in [-0.39, 0.29) is 36.5 Å². The molecule has 9 heteroatoms. The second kappa shape index (κ2) is 7.43. The summed E-state index contributed by atoms with van der Waals surface area (Å²) >= 11 is 0. The van der Waals surface area contributed by atoms with Gasteiger partial charge in [-0.15, -0.1) is 0 Å². The highest BCUT2D eigenvalue weighted by molar-refractivity contribution is 6.63. The number of rotatable bonds is 6. The molecule has 0 saturated carbocycles. The maximum absolute atomic E-state index is 12.7. The molecule has 1 aromatic rings. The third-order valence-electron chi connectivity index (χ3n) is 5.37. The van der Waals surface area contributed by atoms with Crippen molar-refractivity contribution < 1.29 is 37.1 Å². The standard InChI is InChI=1S/C20H27BF2O6/c1-18(2)19(3,4)29-21(28-18)12-9-10-13(25-11-7-8-14(22)23)15-16(12)26-20(5,6)27-17(15)24/h9-10,14H,7-8,11H2,1-6H3. The number of esters is 1. The van der Waals surface area contributed by atoms with Crippen molar-refractivity contribution >= 4 is 18.6 Å². The molecule has 0 radical (unpaired) electrons. The highest BCUT2D eigenvalue weighted by atomic mass is 19.3. The SMILES string of the molecule is CC1(C)OC(=O)c2c(OCCCC(F)F)ccc(B3OC(C)(C)C(C)(C)O3)c2O1. The van der Waals surface area contributed by atoms with E-state index in [0.717, 1.165) is 0 Å². The Hall–Kier alpha value is -1.87. The maximum atomic E-state index is 12.7. The lowest BCUT2D eigenvalue weighted by Crippen LogP contribution is -2.44. The second-order valence-electron chi connectivity index (χ2n) is 8.72. The Balaban J connectivity index is 1.95. The van der Waals surface area contributed by atoms with Gasteiger partial charge in [-0.2, -0.15) is 0 Å². The van der Waals surface area contributed by atoms with E-state index < -0.39 is 36.5 Å². The van der Waals surface area contributed by atoms with Crippen molar-refractivity contribution in [3.8, 4) is 11.5 Å². The molecule has 0 aromatic heterocycles. The predicted octanol–water partition coefficient (Wildman–Crippen LogP) is 3.70. The number of carbonyl (C=O) groups excluding carboxylic acids is 1. The monoisotopic (exact) mass is 412 g/mol. The van der Waals surface area contributed by atoms with Gasteiger partial charge in [0, 0.05) is 25.7 Å². The molecular weight excluding hydrogens is 385 g/mol. The highest BCUT2D eigenvalue weighted by Crippen LogP contribution is 2.40. The Morgan fingerprint density at radius 2 is 1.66 bits per heavy atom. The van der Waals surface area contributed by atoms with Crippen molar-refractivity contribution in [2.75, 3.05) is 6.61 Å². The number of hydrogen-bond acceptors (Lipinski definition) is 6. The number of ether oxygens (including phenoxy) is 3. The molecule has 2 aliphatic heterocycles. The Labute approximate surface area is 169 Å².